The second-order valence-corrected chi connectivity index (χ2v) is 2.91. The largest absolute Gasteiger partial charge is 0.463 e. The number of ether oxygens (including phenoxy) is 1. The zero-order valence-corrected chi connectivity index (χ0v) is 8.36. The van der Waals surface area contributed by atoms with Crippen LogP contribution >= 0.6 is 11.6 Å². The predicted molar refractivity (Wildman–Crippen MR) is 50.3 cm³/mol. The molecule has 0 radical (unpaired) electrons. The van der Waals surface area contributed by atoms with E-state index in [-0.39, 0.29) is 5.97 Å². The lowest BCUT2D eigenvalue weighted by atomic mass is 10.2. The van der Waals surface area contributed by atoms with Gasteiger partial charge in [-0.1, -0.05) is 5.57 Å². The predicted octanol–water partition coefficient (Wildman–Crippen LogP) is 2.51. The Morgan fingerprint density at radius 3 is 2.75 bits per heavy atom. The third-order valence-electron chi connectivity index (χ3n) is 1.36. The maximum absolute atomic E-state index is 10.9. The molecule has 0 fully saturated rings. The molecule has 0 amide bonds. The summed E-state index contributed by atoms with van der Waals surface area (Å²) >= 11 is 5.50. The van der Waals surface area contributed by atoms with E-state index in [9.17, 15) is 4.79 Å². The lowest BCUT2D eigenvalue weighted by Crippen LogP contribution is -2.00. The van der Waals surface area contributed by atoms with Crippen LogP contribution in [0.4, 0.5) is 0 Å². The van der Waals surface area contributed by atoms with Crippen molar-refractivity contribution in [3.05, 3.63) is 11.6 Å². The molecule has 0 bridgehead atoms. The first-order chi connectivity index (χ1) is 5.70. The van der Waals surface area contributed by atoms with E-state index in [2.05, 4.69) is 0 Å². The summed E-state index contributed by atoms with van der Waals surface area (Å²) in [6.45, 7) is 4.13. The number of alkyl halides is 1. The number of carbonyl (C=O) groups is 1. The van der Waals surface area contributed by atoms with Gasteiger partial charge < -0.3 is 4.74 Å². The smallest absolute Gasteiger partial charge is 0.330 e. The van der Waals surface area contributed by atoms with Gasteiger partial charge in [0.2, 0.25) is 0 Å². The zero-order chi connectivity index (χ0) is 9.40. The highest BCUT2D eigenvalue weighted by molar-refractivity contribution is 6.17. The Kier molecular flexibility index (Phi) is 6.87. The maximum atomic E-state index is 10.9. The third-order valence-corrected chi connectivity index (χ3v) is 1.62. The fourth-order valence-corrected chi connectivity index (χ4v) is 0.937. The van der Waals surface area contributed by atoms with E-state index in [4.69, 9.17) is 16.3 Å². The van der Waals surface area contributed by atoms with Crippen LogP contribution in [0.25, 0.3) is 0 Å². The summed E-state index contributed by atoms with van der Waals surface area (Å²) in [5.41, 5.74) is 1.02. The van der Waals surface area contributed by atoms with Gasteiger partial charge in [0.15, 0.2) is 0 Å². The van der Waals surface area contributed by atoms with Gasteiger partial charge in [-0.3, -0.25) is 0 Å². The van der Waals surface area contributed by atoms with Gasteiger partial charge in [0.05, 0.1) is 6.61 Å². The van der Waals surface area contributed by atoms with E-state index in [1.54, 1.807) is 6.92 Å². The SMILES string of the molecule is CCOC(=O)/C=C(\C)CCCCl. The molecule has 0 aliphatic heterocycles. The molecule has 2 nitrogen and oxygen atoms in total. The second kappa shape index (κ2) is 7.17. The molecule has 3 heteroatoms. The van der Waals surface area contributed by atoms with Crippen molar-refractivity contribution in [1.82, 2.24) is 0 Å². The lowest BCUT2D eigenvalue weighted by molar-refractivity contribution is -0.137. The third kappa shape index (κ3) is 6.23. The highest BCUT2D eigenvalue weighted by atomic mass is 35.5. The molecule has 0 atom stereocenters. The highest BCUT2D eigenvalue weighted by Crippen LogP contribution is 2.04. The van der Waals surface area contributed by atoms with Crippen LogP contribution in [0.2, 0.25) is 0 Å². The van der Waals surface area contributed by atoms with Gasteiger partial charge in [-0.15, -0.1) is 11.6 Å². The van der Waals surface area contributed by atoms with E-state index in [0.29, 0.717) is 12.5 Å². The minimum absolute atomic E-state index is 0.260. The monoisotopic (exact) mass is 190 g/mol. The molecular formula is C9H15ClO2. The fraction of sp³-hybridized carbons (Fsp3) is 0.667. The molecule has 0 unspecified atom stereocenters. The Morgan fingerprint density at radius 1 is 1.58 bits per heavy atom. The summed E-state index contributed by atoms with van der Waals surface area (Å²) in [6.07, 6.45) is 3.29. The first-order valence-electron chi connectivity index (χ1n) is 4.10. The number of esters is 1. The van der Waals surface area contributed by atoms with E-state index >= 15 is 0 Å². The number of hydrogen-bond donors (Lipinski definition) is 0. The topological polar surface area (TPSA) is 26.3 Å². The van der Waals surface area contributed by atoms with Gasteiger partial charge in [-0.2, -0.15) is 0 Å². The normalized spacial score (nSPS) is 11.4. The standard InChI is InChI=1S/C9H15ClO2/c1-3-12-9(11)7-8(2)5-4-6-10/h7H,3-6H2,1-2H3/b8-7+. The maximum Gasteiger partial charge on any atom is 0.330 e. The minimum atomic E-state index is -0.260. The molecule has 0 saturated carbocycles. The van der Waals surface area contributed by atoms with Crippen LogP contribution in [0.15, 0.2) is 11.6 Å². The number of hydrogen-bond acceptors (Lipinski definition) is 2. The van der Waals surface area contributed by atoms with E-state index in [1.807, 2.05) is 6.92 Å². The van der Waals surface area contributed by atoms with E-state index in [1.165, 1.54) is 6.08 Å². The summed E-state index contributed by atoms with van der Waals surface area (Å²) in [6, 6.07) is 0. The van der Waals surface area contributed by atoms with Gasteiger partial charge in [-0.25, -0.2) is 4.79 Å². The fourth-order valence-electron chi connectivity index (χ4n) is 0.803. The van der Waals surface area contributed by atoms with Crippen LogP contribution in [0, 0.1) is 0 Å². The van der Waals surface area contributed by atoms with Crippen molar-refractivity contribution in [2.24, 2.45) is 0 Å². The van der Waals surface area contributed by atoms with Crippen molar-refractivity contribution in [3.8, 4) is 0 Å². The Labute approximate surface area is 78.5 Å². The average molecular weight is 191 g/mol. The van der Waals surface area contributed by atoms with Crippen molar-refractivity contribution in [2.45, 2.75) is 26.7 Å². The molecular weight excluding hydrogens is 176 g/mol. The Bertz CT molecular complexity index is 164. The molecule has 0 N–H and O–H groups in total. The highest BCUT2D eigenvalue weighted by Gasteiger charge is 1.97. The van der Waals surface area contributed by atoms with E-state index in [0.717, 1.165) is 18.4 Å². The molecule has 0 saturated heterocycles. The van der Waals surface area contributed by atoms with Crippen LogP contribution in [0.3, 0.4) is 0 Å². The summed E-state index contributed by atoms with van der Waals surface area (Å²) < 4.78 is 4.74. The Hall–Kier alpha value is -0.500. The van der Waals surface area contributed by atoms with Crippen LogP contribution in [-0.4, -0.2) is 18.5 Å². The molecule has 0 aromatic heterocycles. The molecule has 0 aliphatic carbocycles. The molecule has 0 spiro atoms. The summed E-state index contributed by atoms with van der Waals surface area (Å²) in [7, 11) is 0. The first kappa shape index (κ1) is 11.5. The van der Waals surface area contributed by atoms with Crippen LogP contribution < -0.4 is 0 Å². The average Bonchev–Trinajstić information content (AvgIpc) is 2.01. The molecule has 0 aromatic carbocycles. The molecule has 0 heterocycles. The van der Waals surface area contributed by atoms with Gasteiger partial charge in [0.1, 0.15) is 0 Å². The van der Waals surface area contributed by atoms with Gasteiger partial charge >= 0.3 is 5.97 Å². The van der Waals surface area contributed by atoms with Crippen LogP contribution in [-0.2, 0) is 9.53 Å². The summed E-state index contributed by atoms with van der Waals surface area (Å²) in [5.74, 6) is 0.373. The van der Waals surface area contributed by atoms with Crippen molar-refractivity contribution >= 4 is 17.6 Å². The summed E-state index contributed by atoms with van der Waals surface area (Å²) in [5, 5.41) is 0. The minimum Gasteiger partial charge on any atom is -0.463 e. The molecule has 0 aromatic rings. The Balaban J connectivity index is 3.72. The zero-order valence-electron chi connectivity index (χ0n) is 7.60. The van der Waals surface area contributed by atoms with Crippen molar-refractivity contribution in [1.29, 1.82) is 0 Å². The number of allylic oxidation sites excluding steroid dienone is 1. The number of rotatable bonds is 5. The van der Waals surface area contributed by atoms with Crippen molar-refractivity contribution in [3.63, 3.8) is 0 Å². The van der Waals surface area contributed by atoms with Crippen LogP contribution in [0.5, 0.6) is 0 Å². The van der Waals surface area contributed by atoms with Crippen molar-refractivity contribution in [2.75, 3.05) is 12.5 Å². The first-order valence-corrected chi connectivity index (χ1v) is 4.64. The molecule has 12 heavy (non-hydrogen) atoms. The van der Waals surface area contributed by atoms with Gasteiger partial charge in [-0.05, 0) is 26.7 Å². The van der Waals surface area contributed by atoms with Crippen molar-refractivity contribution < 1.29 is 9.53 Å². The second-order valence-electron chi connectivity index (χ2n) is 2.54. The molecule has 0 aliphatic rings. The Morgan fingerprint density at radius 2 is 2.25 bits per heavy atom. The van der Waals surface area contributed by atoms with Gasteiger partial charge in [0, 0.05) is 12.0 Å². The number of halogens is 1. The molecule has 70 valence electrons. The van der Waals surface area contributed by atoms with Gasteiger partial charge in [0.25, 0.3) is 0 Å². The van der Waals surface area contributed by atoms with Crippen LogP contribution in [0.1, 0.15) is 26.7 Å². The lowest BCUT2D eigenvalue weighted by Gasteiger charge is -1.99. The molecule has 0 rings (SSSR count). The van der Waals surface area contributed by atoms with E-state index < -0.39 is 0 Å². The number of carbonyl (C=O) groups excluding carboxylic acids is 1. The summed E-state index contributed by atoms with van der Waals surface area (Å²) in [4.78, 5) is 10.9. The quantitative estimate of drug-likeness (QED) is 0.378.